The first-order valence-electron chi connectivity index (χ1n) is 7.56. The fraction of sp³-hybridized carbons (Fsp3) is 0.444. The van der Waals surface area contributed by atoms with Gasteiger partial charge in [0.1, 0.15) is 0 Å². The molecule has 1 radical (unpaired) electrons. The summed E-state index contributed by atoms with van der Waals surface area (Å²) in [5, 5.41) is 12.8. The predicted octanol–water partition coefficient (Wildman–Crippen LogP) is 2.75. The van der Waals surface area contributed by atoms with E-state index in [0.717, 1.165) is 11.9 Å². The second-order valence-electron chi connectivity index (χ2n) is 6.95. The molecule has 0 spiro atoms. The third kappa shape index (κ3) is 2.49. The van der Waals surface area contributed by atoms with Crippen molar-refractivity contribution in [3.63, 3.8) is 0 Å². The van der Waals surface area contributed by atoms with Gasteiger partial charge in [-0.15, -0.1) is 0 Å². The topological polar surface area (TPSA) is 29.5 Å². The maximum atomic E-state index is 10.2. The standard InChI is InChI=1S/C18H22BO2/c1-17(2,20)18(3,4)21-19-16-11-12-9-10-13(12)14-7-5-6-8-15(14)16/h5-8,11,20H,9-10H2,1-4H3. The SMILES string of the molecule is CC(C)(O)C(C)(C)O[B]c1cc2c(c3ccccc13)CC2. The number of hydrogen-bond acceptors (Lipinski definition) is 2. The van der Waals surface area contributed by atoms with E-state index < -0.39 is 11.2 Å². The van der Waals surface area contributed by atoms with Crippen molar-refractivity contribution >= 4 is 23.7 Å². The van der Waals surface area contributed by atoms with E-state index in [1.807, 2.05) is 13.8 Å². The smallest absolute Gasteiger partial charge is 0.331 e. The number of aryl methyl sites for hydroxylation is 2. The first-order valence-corrected chi connectivity index (χ1v) is 7.56. The third-order valence-corrected chi connectivity index (χ3v) is 4.88. The number of rotatable bonds is 4. The van der Waals surface area contributed by atoms with Gasteiger partial charge in [0.05, 0.1) is 11.2 Å². The maximum absolute atomic E-state index is 10.2. The van der Waals surface area contributed by atoms with Gasteiger partial charge in [0.2, 0.25) is 0 Å². The second-order valence-corrected chi connectivity index (χ2v) is 6.95. The molecule has 0 bridgehead atoms. The summed E-state index contributed by atoms with van der Waals surface area (Å²) in [4.78, 5) is 0. The Morgan fingerprint density at radius 2 is 1.71 bits per heavy atom. The van der Waals surface area contributed by atoms with Crippen molar-refractivity contribution in [1.29, 1.82) is 0 Å². The summed E-state index contributed by atoms with van der Waals surface area (Å²) in [6, 6.07) is 10.7. The highest BCUT2D eigenvalue weighted by Crippen LogP contribution is 2.30. The molecular formula is C18H22BO2. The van der Waals surface area contributed by atoms with Crippen LogP contribution < -0.4 is 5.46 Å². The average molecular weight is 281 g/mol. The van der Waals surface area contributed by atoms with Crippen LogP contribution in [0, 0.1) is 0 Å². The first kappa shape index (κ1) is 14.6. The Labute approximate surface area is 127 Å². The van der Waals surface area contributed by atoms with Gasteiger partial charge in [-0.3, -0.25) is 0 Å². The molecule has 0 atom stereocenters. The molecule has 1 N–H and O–H groups in total. The van der Waals surface area contributed by atoms with Gasteiger partial charge < -0.3 is 9.76 Å². The molecule has 109 valence electrons. The van der Waals surface area contributed by atoms with Crippen molar-refractivity contribution in [2.45, 2.75) is 51.7 Å². The minimum atomic E-state index is -0.904. The first-order chi connectivity index (χ1) is 9.79. The van der Waals surface area contributed by atoms with E-state index >= 15 is 0 Å². The number of aliphatic hydroxyl groups is 1. The van der Waals surface area contributed by atoms with Gasteiger partial charge in [-0.05, 0) is 67.9 Å². The van der Waals surface area contributed by atoms with Gasteiger partial charge in [-0.2, -0.15) is 0 Å². The quantitative estimate of drug-likeness (QED) is 0.873. The average Bonchev–Trinajstić information content (AvgIpc) is 2.36. The molecule has 0 fully saturated rings. The molecule has 1 aliphatic rings. The van der Waals surface area contributed by atoms with Gasteiger partial charge in [0.15, 0.2) is 0 Å². The molecule has 0 amide bonds. The van der Waals surface area contributed by atoms with Crippen LogP contribution in [-0.4, -0.2) is 23.8 Å². The van der Waals surface area contributed by atoms with E-state index in [0.29, 0.717) is 0 Å². The molecular weight excluding hydrogens is 259 g/mol. The zero-order valence-electron chi connectivity index (χ0n) is 13.2. The Kier molecular flexibility index (Phi) is 3.38. The van der Waals surface area contributed by atoms with E-state index in [1.54, 1.807) is 21.3 Å². The van der Waals surface area contributed by atoms with Crippen molar-refractivity contribution in [1.82, 2.24) is 0 Å². The highest BCUT2D eigenvalue weighted by Gasteiger charge is 2.36. The molecule has 21 heavy (non-hydrogen) atoms. The van der Waals surface area contributed by atoms with Gasteiger partial charge in [-0.25, -0.2) is 0 Å². The minimum Gasteiger partial charge on any atom is -0.427 e. The molecule has 2 aromatic rings. The van der Waals surface area contributed by atoms with Crippen LogP contribution in [-0.2, 0) is 17.5 Å². The predicted molar refractivity (Wildman–Crippen MR) is 88.2 cm³/mol. The summed E-state index contributed by atoms with van der Waals surface area (Å²) >= 11 is 0. The summed E-state index contributed by atoms with van der Waals surface area (Å²) in [6.07, 6.45) is 2.32. The normalized spacial score (nSPS) is 14.7. The molecule has 0 aliphatic heterocycles. The second kappa shape index (κ2) is 4.86. The van der Waals surface area contributed by atoms with Crippen LogP contribution in [0.5, 0.6) is 0 Å². The fourth-order valence-electron chi connectivity index (χ4n) is 2.58. The van der Waals surface area contributed by atoms with Gasteiger partial charge in [-0.1, -0.05) is 30.3 Å². The molecule has 0 unspecified atom stereocenters. The van der Waals surface area contributed by atoms with Crippen LogP contribution >= 0.6 is 0 Å². The lowest BCUT2D eigenvalue weighted by molar-refractivity contribution is -0.0893. The Balaban J connectivity index is 1.94. The highest BCUT2D eigenvalue weighted by atomic mass is 16.5. The molecule has 2 aromatic carbocycles. The highest BCUT2D eigenvalue weighted by molar-refractivity contribution is 6.51. The van der Waals surface area contributed by atoms with Crippen molar-refractivity contribution < 1.29 is 9.76 Å². The Morgan fingerprint density at radius 3 is 2.29 bits per heavy atom. The van der Waals surface area contributed by atoms with Crippen molar-refractivity contribution in [3.05, 3.63) is 41.5 Å². The van der Waals surface area contributed by atoms with Crippen molar-refractivity contribution in [3.8, 4) is 0 Å². The van der Waals surface area contributed by atoms with E-state index in [-0.39, 0.29) is 0 Å². The monoisotopic (exact) mass is 281 g/mol. The van der Waals surface area contributed by atoms with E-state index in [1.165, 1.54) is 28.3 Å². The van der Waals surface area contributed by atoms with Crippen LogP contribution in [0.15, 0.2) is 30.3 Å². The molecule has 0 aromatic heterocycles. The third-order valence-electron chi connectivity index (χ3n) is 4.88. The van der Waals surface area contributed by atoms with Crippen molar-refractivity contribution in [2.75, 3.05) is 0 Å². The minimum absolute atomic E-state index is 0.642. The van der Waals surface area contributed by atoms with Crippen LogP contribution in [0.1, 0.15) is 38.8 Å². The lowest BCUT2D eigenvalue weighted by atomic mass is 9.74. The number of hydrogen-bond donors (Lipinski definition) is 1. The van der Waals surface area contributed by atoms with Crippen LogP contribution in [0.25, 0.3) is 10.8 Å². The van der Waals surface area contributed by atoms with Crippen LogP contribution in [0.2, 0.25) is 0 Å². The van der Waals surface area contributed by atoms with E-state index in [4.69, 9.17) is 4.65 Å². The van der Waals surface area contributed by atoms with Crippen LogP contribution in [0.3, 0.4) is 0 Å². The zero-order chi connectivity index (χ0) is 15.3. The lowest BCUT2D eigenvalue weighted by Crippen LogP contribution is -2.49. The molecule has 3 rings (SSSR count). The molecule has 0 saturated carbocycles. The van der Waals surface area contributed by atoms with Gasteiger partial charge >= 0.3 is 7.48 Å². The summed E-state index contributed by atoms with van der Waals surface area (Å²) in [5.74, 6) is 0. The molecule has 3 heteroatoms. The number of fused-ring (bicyclic) bond motifs is 3. The Bertz CT molecular complexity index is 683. The fourth-order valence-corrected chi connectivity index (χ4v) is 2.58. The maximum Gasteiger partial charge on any atom is 0.331 e. The number of benzene rings is 2. The molecule has 0 heterocycles. The summed E-state index contributed by atoms with van der Waals surface area (Å²) in [5.41, 5.74) is 2.45. The Morgan fingerprint density at radius 1 is 1.05 bits per heavy atom. The van der Waals surface area contributed by atoms with E-state index in [2.05, 4.69) is 30.3 Å². The summed E-state index contributed by atoms with van der Waals surface area (Å²) < 4.78 is 5.93. The Hall–Kier alpha value is -1.32. The zero-order valence-corrected chi connectivity index (χ0v) is 13.2. The van der Waals surface area contributed by atoms with Crippen LogP contribution in [0.4, 0.5) is 0 Å². The molecule has 1 aliphatic carbocycles. The molecule has 0 saturated heterocycles. The molecule has 2 nitrogen and oxygen atoms in total. The largest absolute Gasteiger partial charge is 0.427 e. The summed E-state index contributed by atoms with van der Waals surface area (Å²) in [7, 11) is 1.80. The van der Waals surface area contributed by atoms with Crippen molar-refractivity contribution in [2.24, 2.45) is 0 Å². The van der Waals surface area contributed by atoms with Gasteiger partial charge in [0, 0.05) is 0 Å². The van der Waals surface area contributed by atoms with E-state index in [9.17, 15) is 5.11 Å². The van der Waals surface area contributed by atoms with Gasteiger partial charge in [0.25, 0.3) is 0 Å². The summed E-state index contributed by atoms with van der Waals surface area (Å²) in [6.45, 7) is 7.37. The lowest BCUT2D eigenvalue weighted by Gasteiger charge is -2.37.